The zero-order chi connectivity index (χ0) is 23.9. The van der Waals surface area contributed by atoms with Crippen LogP contribution in [0.1, 0.15) is 46.0 Å². The molecular weight excluding hydrogens is 462 g/mol. The van der Waals surface area contributed by atoms with Crippen LogP contribution >= 0.6 is 11.8 Å². The lowest BCUT2D eigenvalue weighted by Crippen LogP contribution is -2.32. The van der Waals surface area contributed by atoms with Crippen molar-refractivity contribution in [3.05, 3.63) is 83.9 Å². The molecule has 2 aliphatic rings. The molecular formula is C26H23N5O3S. The first-order valence-electron chi connectivity index (χ1n) is 11.5. The van der Waals surface area contributed by atoms with E-state index in [4.69, 9.17) is 4.98 Å². The van der Waals surface area contributed by atoms with Crippen molar-refractivity contribution >= 4 is 34.8 Å². The molecule has 8 nitrogen and oxygen atoms in total. The van der Waals surface area contributed by atoms with Gasteiger partial charge < -0.3 is 15.4 Å². The Bertz CT molecular complexity index is 1400. The number of carbonyl (C=O) groups is 2. The van der Waals surface area contributed by atoms with Crippen molar-refractivity contribution < 1.29 is 14.7 Å². The largest absolute Gasteiger partial charge is 0.465 e. The second kappa shape index (κ2) is 8.74. The van der Waals surface area contributed by atoms with Gasteiger partial charge in [-0.2, -0.15) is 0 Å². The average molecular weight is 486 g/mol. The van der Waals surface area contributed by atoms with E-state index in [-0.39, 0.29) is 17.3 Å². The lowest BCUT2D eigenvalue weighted by molar-refractivity contribution is 0.0951. The van der Waals surface area contributed by atoms with Crippen LogP contribution in [0.5, 0.6) is 0 Å². The van der Waals surface area contributed by atoms with Crippen molar-refractivity contribution in [2.45, 2.75) is 30.3 Å². The molecule has 2 unspecified atom stereocenters. The second-order valence-electron chi connectivity index (χ2n) is 8.85. The van der Waals surface area contributed by atoms with E-state index in [1.807, 2.05) is 54.6 Å². The molecule has 0 spiro atoms. The van der Waals surface area contributed by atoms with Gasteiger partial charge in [-0.25, -0.2) is 9.78 Å². The minimum absolute atomic E-state index is 0.0322. The van der Waals surface area contributed by atoms with Gasteiger partial charge in [0.25, 0.3) is 5.91 Å². The molecule has 0 radical (unpaired) electrons. The van der Waals surface area contributed by atoms with E-state index in [2.05, 4.69) is 15.3 Å². The summed E-state index contributed by atoms with van der Waals surface area (Å²) in [7, 11) is 0. The van der Waals surface area contributed by atoms with Crippen molar-refractivity contribution in [2.75, 3.05) is 5.75 Å². The first kappa shape index (κ1) is 21.7. The van der Waals surface area contributed by atoms with Gasteiger partial charge in [0.05, 0.1) is 11.0 Å². The van der Waals surface area contributed by atoms with E-state index < -0.39 is 6.09 Å². The van der Waals surface area contributed by atoms with E-state index in [0.29, 0.717) is 23.2 Å². The molecule has 1 saturated carbocycles. The predicted molar refractivity (Wildman–Crippen MR) is 134 cm³/mol. The molecule has 4 aromatic rings. The topological polar surface area (TPSA) is 111 Å². The Balaban J connectivity index is 1.26. The fraction of sp³-hybridized carbons (Fsp3) is 0.231. The molecule has 3 N–H and O–H groups in total. The molecule has 2 atom stereocenters. The number of nitrogens with one attached hydrogen (secondary N) is 2. The minimum Gasteiger partial charge on any atom is -0.465 e. The van der Waals surface area contributed by atoms with Crippen LogP contribution in [0.3, 0.4) is 0 Å². The van der Waals surface area contributed by atoms with Crippen LogP contribution in [0.4, 0.5) is 4.79 Å². The zero-order valence-corrected chi connectivity index (χ0v) is 19.5. The van der Waals surface area contributed by atoms with Crippen molar-refractivity contribution in [2.24, 2.45) is 0 Å². The maximum atomic E-state index is 12.3. The zero-order valence-electron chi connectivity index (χ0n) is 18.7. The third kappa shape index (κ3) is 4.23. The smallest absolute Gasteiger partial charge is 0.409 e. The molecule has 2 aromatic heterocycles. The van der Waals surface area contributed by atoms with E-state index in [0.717, 1.165) is 40.6 Å². The monoisotopic (exact) mass is 485 g/mol. The highest BCUT2D eigenvalue weighted by molar-refractivity contribution is 7.99. The standard InChI is InChI=1S/C26H23N5O3S/c32-24(28-19-6-7-19)16-3-1-15(2-4-16)18-5-8-20-21(13-18)30-23(29-20)22-14-35-25(31(22)26(33)34)17-9-11-27-12-10-17/h1-5,8-13,19,22,25H,6-7,14H2,(H,28,32)(H,29,30)(H,33,34). The van der Waals surface area contributed by atoms with Gasteiger partial charge in [0.15, 0.2) is 0 Å². The first-order valence-corrected chi connectivity index (χ1v) is 12.6. The van der Waals surface area contributed by atoms with Crippen LogP contribution in [0.2, 0.25) is 0 Å². The fourth-order valence-corrected chi connectivity index (χ4v) is 5.84. The summed E-state index contributed by atoms with van der Waals surface area (Å²) in [6.45, 7) is 0. The van der Waals surface area contributed by atoms with Gasteiger partial charge in [-0.3, -0.25) is 14.7 Å². The lowest BCUT2D eigenvalue weighted by atomic mass is 10.0. The molecule has 3 heterocycles. The number of carbonyl (C=O) groups excluding carboxylic acids is 1. The average Bonchev–Trinajstić information content (AvgIpc) is 3.41. The summed E-state index contributed by atoms with van der Waals surface area (Å²) < 4.78 is 0. The summed E-state index contributed by atoms with van der Waals surface area (Å²) in [6, 6.07) is 17.2. The molecule has 176 valence electrons. The molecule has 2 fully saturated rings. The maximum absolute atomic E-state index is 12.3. The number of fused-ring (bicyclic) bond motifs is 1. The molecule has 1 aliphatic carbocycles. The lowest BCUT2D eigenvalue weighted by Gasteiger charge is -2.25. The van der Waals surface area contributed by atoms with Gasteiger partial charge >= 0.3 is 6.09 Å². The van der Waals surface area contributed by atoms with Crippen LogP contribution in [-0.4, -0.2) is 48.8 Å². The number of aromatic amines is 1. The minimum atomic E-state index is -0.978. The predicted octanol–water partition coefficient (Wildman–Crippen LogP) is 4.98. The van der Waals surface area contributed by atoms with E-state index in [1.165, 1.54) is 4.90 Å². The van der Waals surface area contributed by atoms with Crippen molar-refractivity contribution in [3.63, 3.8) is 0 Å². The molecule has 1 saturated heterocycles. The Labute approximate surface area is 205 Å². The number of thioether (sulfide) groups is 1. The molecule has 9 heteroatoms. The van der Waals surface area contributed by atoms with Crippen LogP contribution in [0.25, 0.3) is 22.2 Å². The summed E-state index contributed by atoms with van der Waals surface area (Å²) in [5.74, 6) is 1.21. The third-order valence-corrected chi connectivity index (χ3v) is 7.74. The maximum Gasteiger partial charge on any atom is 0.409 e. The number of benzene rings is 2. The number of aromatic nitrogens is 3. The van der Waals surface area contributed by atoms with Crippen molar-refractivity contribution in [1.29, 1.82) is 0 Å². The number of imidazole rings is 1. The highest BCUT2D eigenvalue weighted by Crippen LogP contribution is 2.47. The van der Waals surface area contributed by atoms with E-state index in [9.17, 15) is 14.7 Å². The van der Waals surface area contributed by atoms with E-state index >= 15 is 0 Å². The highest BCUT2D eigenvalue weighted by atomic mass is 32.2. The van der Waals surface area contributed by atoms with Crippen molar-refractivity contribution in [3.8, 4) is 11.1 Å². The summed E-state index contributed by atoms with van der Waals surface area (Å²) in [5.41, 5.74) is 5.17. The molecule has 0 bridgehead atoms. The molecule has 6 rings (SSSR count). The number of pyridine rings is 1. The normalized spacial score (nSPS) is 19.7. The fourth-order valence-electron chi connectivity index (χ4n) is 4.41. The molecule has 2 aromatic carbocycles. The number of hydrogen-bond donors (Lipinski definition) is 3. The van der Waals surface area contributed by atoms with Gasteiger partial charge in [-0.1, -0.05) is 18.2 Å². The Morgan fingerprint density at radius 3 is 2.49 bits per heavy atom. The molecule has 2 amide bonds. The molecule has 1 aliphatic heterocycles. The summed E-state index contributed by atoms with van der Waals surface area (Å²) in [6.07, 6.45) is 4.50. The van der Waals surface area contributed by atoms with Crippen LogP contribution in [0, 0.1) is 0 Å². The number of amides is 2. The van der Waals surface area contributed by atoms with Crippen LogP contribution < -0.4 is 5.32 Å². The van der Waals surface area contributed by atoms with Gasteiger partial charge in [0.2, 0.25) is 0 Å². The molecule has 35 heavy (non-hydrogen) atoms. The Kier molecular flexibility index (Phi) is 5.41. The highest BCUT2D eigenvalue weighted by Gasteiger charge is 2.41. The van der Waals surface area contributed by atoms with E-state index in [1.54, 1.807) is 24.2 Å². The SMILES string of the molecule is O=C(NC1CC1)c1ccc(-c2ccc3nc(C4CSC(c5ccncc5)N4C(=O)O)[nH]c3c2)cc1. The summed E-state index contributed by atoms with van der Waals surface area (Å²) in [5, 5.41) is 12.7. The number of nitrogens with zero attached hydrogens (tertiary/aromatic N) is 3. The van der Waals surface area contributed by atoms with Gasteiger partial charge in [-0.15, -0.1) is 11.8 Å². The summed E-state index contributed by atoms with van der Waals surface area (Å²) >= 11 is 1.58. The summed E-state index contributed by atoms with van der Waals surface area (Å²) in [4.78, 5) is 38.0. The second-order valence-corrected chi connectivity index (χ2v) is 9.96. The number of carboxylic acid groups (broad SMARTS) is 1. The number of rotatable bonds is 5. The quantitative estimate of drug-likeness (QED) is 0.368. The number of hydrogen-bond acceptors (Lipinski definition) is 5. The van der Waals surface area contributed by atoms with Crippen LogP contribution in [-0.2, 0) is 0 Å². The van der Waals surface area contributed by atoms with Gasteiger partial charge in [-0.05, 0) is 65.9 Å². The Hall–Kier alpha value is -3.85. The Morgan fingerprint density at radius 1 is 1.03 bits per heavy atom. The Morgan fingerprint density at radius 2 is 1.77 bits per heavy atom. The third-order valence-electron chi connectivity index (χ3n) is 6.42. The van der Waals surface area contributed by atoms with Crippen molar-refractivity contribution in [1.82, 2.24) is 25.2 Å². The number of H-pyrrole nitrogens is 1. The van der Waals surface area contributed by atoms with Gasteiger partial charge in [0.1, 0.15) is 17.2 Å². The van der Waals surface area contributed by atoms with Gasteiger partial charge in [0, 0.05) is 29.8 Å². The first-order chi connectivity index (χ1) is 17.1. The van der Waals surface area contributed by atoms with Crippen LogP contribution in [0.15, 0.2) is 67.0 Å².